The summed E-state index contributed by atoms with van der Waals surface area (Å²) in [5.74, 6) is 0.687. The molecule has 2 aromatic rings. The van der Waals surface area contributed by atoms with E-state index >= 15 is 0 Å². The number of para-hydroxylation sites is 1. The van der Waals surface area contributed by atoms with Gasteiger partial charge in [-0.25, -0.2) is 9.97 Å². The van der Waals surface area contributed by atoms with Crippen molar-refractivity contribution in [3.05, 3.63) is 35.2 Å². The summed E-state index contributed by atoms with van der Waals surface area (Å²) < 4.78 is 0. The highest BCUT2D eigenvalue weighted by molar-refractivity contribution is 5.78. The first-order chi connectivity index (χ1) is 8.33. The lowest BCUT2D eigenvalue weighted by atomic mass is 10.1. The van der Waals surface area contributed by atoms with Gasteiger partial charge >= 0.3 is 0 Å². The largest absolute Gasteiger partial charge is 0.249 e. The molecule has 88 valence electrons. The monoisotopic (exact) mass is 226 g/mol. The number of benzene rings is 1. The summed E-state index contributed by atoms with van der Waals surface area (Å²) in [5.41, 5.74) is 5.96. The van der Waals surface area contributed by atoms with Gasteiger partial charge in [-0.1, -0.05) is 26.0 Å². The van der Waals surface area contributed by atoms with E-state index < -0.39 is 0 Å². The number of aryl methyl sites for hydroxylation is 2. The Bertz CT molecular complexity index is 556. The van der Waals surface area contributed by atoms with Crippen LogP contribution in [0.15, 0.2) is 18.2 Å². The summed E-state index contributed by atoms with van der Waals surface area (Å²) in [6.07, 6.45) is 4.60. The predicted molar refractivity (Wildman–Crippen MR) is 70.3 cm³/mol. The van der Waals surface area contributed by atoms with Crippen molar-refractivity contribution in [2.45, 2.75) is 45.4 Å². The molecule has 0 bridgehead atoms. The molecular weight excluding hydrogens is 208 g/mol. The van der Waals surface area contributed by atoms with Gasteiger partial charge < -0.3 is 0 Å². The van der Waals surface area contributed by atoms with Gasteiger partial charge in [0.15, 0.2) is 0 Å². The van der Waals surface area contributed by atoms with Crippen LogP contribution in [0, 0.1) is 0 Å². The molecule has 0 radical (unpaired) electrons. The van der Waals surface area contributed by atoms with Crippen molar-refractivity contribution in [2.24, 2.45) is 0 Å². The van der Waals surface area contributed by atoms with Crippen LogP contribution in [0.1, 0.15) is 49.6 Å². The van der Waals surface area contributed by atoms with Crippen LogP contribution in [0.2, 0.25) is 0 Å². The van der Waals surface area contributed by atoms with E-state index in [1.54, 1.807) is 0 Å². The Labute approximate surface area is 102 Å². The molecule has 0 N–H and O–H groups in total. The molecule has 0 saturated heterocycles. The van der Waals surface area contributed by atoms with Crippen LogP contribution < -0.4 is 0 Å². The fourth-order valence-corrected chi connectivity index (χ4v) is 2.41. The van der Waals surface area contributed by atoms with Gasteiger partial charge in [0, 0.05) is 5.92 Å². The SMILES string of the molecule is CCc1nc2c(CC)cccc2nc1C1CC1. The molecule has 1 aliphatic carbocycles. The first kappa shape index (κ1) is 10.7. The second-order valence-electron chi connectivity index (χ2n) is 4.82. The first-order valence-corrected chi connectivity index (χ1v) is 6.61. The molecule has 0 unspecified atom stereocenters. The molecular formula is C15H18N2. The molecule has 0 aliphatic heterocycles. The second-order valence-corrected chi connectivity index (χ2v) is 4.82. The van der Waals surface area contributed by atoms with Crippen LogP contribution >= 0.6 is 0 Å². The highest BCUT2D eigenvalue weighted by Crippen LogP contribution is 2.40. The minimum Gasteiger partial charge on any atom is -0.249 e. The standard InChI is InChI=1S/C15H18N2/c1-3-10-6-5-7-13-14(10)16-12(4-2)15(17-13)11-8-9-11/h5-7,11H,3-4,8-9H2,1-2H3. The summed E-state index contributed by atoms with van der Waals surface area (Å²) in [4.78, 5) is 9.72. The van der Waals surface area contributed by atoms with Crippen LogP contribution in [0.4, 0.5) is 0 Å². The molecule has 0 atom stereocenters. The molecule has 1 aliphatic rings. The van der Waals surface area contributed by atoms with Crippen LogP contribution in [-0.4, -0.2) is 9.97 Å². The lowest BCUT2D eigenvalue weighted by Gasteiger charge is -2.09. The van der Waals surface area contributed by atoms with E-state index in [-0.39, 0.29) is 0 Å². The molecule has 0 amide bonds. The topological polar surface area (TPSA) is 25.8 Å². The maximum Gasteiger partial charge on any atom is 0.0922 e. The Balaban J connectivity index is 2.24. The van der Waals surface area contributed by atoms with Crippen molar-refractivity contribution in [1.29, 1.82) is 0 Å². The van der Waals surface area contributed by atoms with Crippen molar-refractivity contribution >= 4 is 11.0 Å². The smallest absolute Gasteiger partial charge is 0.0922 e. The first-order valence-electron chi connectivity index (χ1n) is 6.61. The van der Waals surface area contributed by atoms with E-state index in [9.17, 15) is 0 Å². The quantitative estimate of drug-likeness (QED) is 0.798. The van der Waals surface area contributed by atoms with Gasteiger partial charge in [-0.3, -0.25) is 0 Å². The Morgan fingerprint density at radius 3 is 2.59 bits per heavy atom. The van der Waals surface area contributed by atoms with Gasteiger partial charge in [-0.2, -0.15) is 0 Å². The van der Waals surface area contributed by atoms with Crippen molar-refractivity contribution < 1.29 is 0 Å². The van der Waals surface area contributed by atoms with E-state index in [0.29, 0.717) is 5.92 Å². The summed E-state index contributed by atoms with van der Waals surface area (Å²) in [5, 5.41) is 0. The van der Waals surface area contributed by atoms with E-state index in [4.69, 9.17) is 9.97 Å². The van der Waals surface area contributed by atoms with Gasteiger partial charge in [-0.15, -0.1) is 0 Å². The molecule has 1 aromatic carbocycles. The zero-order valence-electron chi connectivity index (χ0n) is 10.5. The summed E-state index contributed by atoms with van der Waals surface area (Å²) in [6, 6.07) is 6.35. The Morgan fingerprint density at radius 2 is 1.94 bits per heavy atom. The third kappa shape index (κ3) is 1.82. The van der Waals surface area contributed by atoms with Crippen molar-refractivity contribution in [1.82, 2.24) is 9.97 Å². The third-order valence-electron chi connectivity index (χ3n) is 3.56. The Morgan fingerprint density at radius 1 is 1.12 bits per heavy atom. The lowest BCUT2D eigenvalue weighted by Crippen LogP contribution is -2.01. The van der Waals surface area contributed by atoms with Crippen LogP contribution in [0.25, 0.3) is 11.0 Å². The predicted octanol–water partition coefficient (Wildman–Crippen LogP) is 3.63. The highest BCUT2D eigenvalue weighted by atomic mass is 14.8. The number of hydrogen-bond donors (Lipinski definition) is 0. The van der Waals surface area contributed by atoms with Gasteiger partial charge in [0.2, 0.25) is 0 Å². The molecule has 2 heteroatoms. The van der Waals surface area contributed by atoms with Crippen LogP contribution in [-0.2, 0) is 12.8 Å². The van der Waals surface area contributed by atoms with Crippen LogP contribution in [0.5, 0.6) is 0 Å². The summed E-state index contributed by atoms with van der Waals surface area (Å²) in [7, 11) is 0. The van der Waals surface area contributed by atoms with E-state index in [1.807, 2.05) is 0 Å². The molecule has 1 aromatic heterocycles. The average Bonchev–Trinajstić information content (AvgIpc) is 3.20. The maximum absolute atomic E-state index is 4.86. The Kier molecular flexibility index (Phi) is 2.58. The molecule has 1 saturated carbocycles. The fourth-order valence-electron chi connectivity index (χ4n) is 2.41. The van der Waals surface area contributed by atoms with Gasteiger partial charge in [0.1, 0.15) is 0 Å². The molecule has 2 nitrogen and oxygen atoms in total. The third-order valence-corrected chi connectivity index (χ3v) is 3.56. The molecule has 0 spiro atoms. The Hall–Kier alpha value is -1.44. The number of fused-ring (bicyclic) bond motifs is 1. The van der Waals surface area contributed by atoms with Crippen molar-refractivity contribution in [3.63, 3.8) is 0 Å². The highest BCUT2D eigenvalue weighted by Gasteiger charge is 2.28. The van der Waals surface area contributed by atoms with Gasteiger partial charge in [-0.05, 0) is 37.3 Å². The molecule has 17 heavy (non-hydrogen) atoms. The number of nitrogens with zero attached hydrogens (tertiary/aromatic N) is 2. The van der Waals surface area contributed by atoms with E-state index in [1.165, 1.54) is 29.8 Å². The molecule has 1 heterocycles. The normalized spacial score (nSPS) is 15.4. The number of hydrogen-bond acceptors (Lipinski definition) is 2. The summed E-state index contributed by atoms with van der Waals surface area (Å²) >= 11 is 0. The second kappa shape index (κ2) is 4.10. The zero-order chi connectivity index (χ0) is 11.8. The van der Waals surface area contributed by atoms with E-state index in [2.05, 4.69) is 32.0 Å². The fraction of sp³-hybridized carbons (Fsp3) is 0.467. The zero-order valence-corrected chi connectivity index (χ0v) is 10.5. The minimum atomic E-state index is 0.687. The minimum absolute atomic E-state index is 0.687. The van der Waals surface area contributed by atoms with Gasteiger partial charge in [0.05, 0.1) is 22.4 Å². The van der Waals surface area contributed by atoms with Crippen LogP contribution in [0.3, 0.4) is 0 Å². The summed E-state index contributed by atoms with van der Waals surface area (Å²) in [6.45, 7) is 4.35. The van der Waals surface area contributed by atoms with Crippen molar-refractivity contribution in [2.75, 3.05) is 0 Å². The molecule has 1 fully saturated rings. The van der Waals surface area contributed by atoms with E-state index in [0.717, 1.165) is 23.9 Å². The maximum atomic E-state index is 4.86. The average molecular weight is 226 g/mol. The van der Waals surface area contributed by atoms with Gasteiger partial charge in [0.25, 0.3) is 0 Å². The number of aromatic nitrogens is 2. The molecule has 3 rings (SSSR count). The number of rotatable bonds is 3. The van der Waals surface area contributed by atoms with Crippen molar-refractivity contribution in [3.8, 4) is 0 Å². The lowest BCUT2D eigenvalue weighted by molar-refractivity contribution is 0.918.